The van der Waals surface area contributed by atoms with E-state index >= 15 is 0 Å². The molecule has 4 aromatic rings. The van der Waals surface area contributed by atoms with Crippen molar-refractivity contribution in [2.24, 2.45) is 5.11 Å². The monoisotopic (exact) mass is 540 g/mol. The van der Waals surface area contributed by atoms with E-state index in [9.17, 15) is 15.2 Å². The zero-order valence-electron chi connectivity index (χ0n) is 21.2. The molecule has 0 bridgehead atoms. The molecule has 0 saturated carbocycles. The molecule has 1 aliphatic heterocycles. The number of ether oxygens (including phenoxy) is 2. The summed E-state index contributed by atoms with van der Waals surface area (Å²) in [5.41, 5.74) is 11.9. The van der Waals surface area contributed by atoms with Gasteiger partial charge in [0.1, 0.15) is 36.9 Å². The zero-order chi connectivity index (χ0) is 28.1. The third kappa shape index (κ3) is 5.20. The van der Waals surface area contributed by atoms with Crippen LogP contribution in [0.2, 0.25) is 0 Å². The number of likely N-dealkylation sites (N-methyl/N-ethyl adjacent to an activating group) is 1. The van der Waals surface area contributed by atoms with Gasteiger partial charge in [0.15, 0.2) is 23.2 Å². The number of azide groups is 1. The Hall–Kier alpha value is -5.22. The first-order chi connectivity index (χ1) is 19.5. The molecule has 40 heavy (non-hydrogen) atoms. The van der Waals surface area contributed by atoms with Gasteiger partial charge in [-0.05, 0) is 29.3 Å². The van der Waals surface area contributed by atoms with Gasteiger partial charge in [0, 0.05) is 24.1 Å². The molecule has 4 atom stereocenters. The van der Waals surface area contributed by atoms with Crippen molar-refractivity contribution in [2.75, 3.05) is 12.4 Å². The molecule has 1 fully saturated rings. The van der Waals surface area contributed by atoms with E-state index in [2.05, 4.69) is 41.7 Å². The van der Waals surface area contributed by atoms with Crippen molar-refractivity contribution in [1.29, 1.82) is 5.26 Å². The number of fused-ring (bicyclic) bond motifs is 1. The fourth-order valence-corrected chi connectivity index (χ4v) is 4.45. The minimum atomic E-state index is -1.33. The Balaban J connectivity index is 1.39. The van der Waals surface area contributed by atoms with Gasteiger partial charge in [-0.1, -0.05) is 35.4 Å². The van der Waals surface area contributed by atoms with Crippen LogP contribution in [0.1, 0.15) is 22.9 Å². The van der Waals surface area contributed by atoms with Gasteiger partial charge in [0.05, 0.1) is 18.0 Å². The summed E-state index contributed by atoms with van der Waals surface area (Å²) in [6.07, 6.45) is -0.887. The van der Waals surface area contributed by atoms with Crippen LogP contribution >= 0.6 is 0 Å². The van der Waals surface area contributed by atoms with Gasteiger partial charge >= 0.3 is 0 Å². The SMILES string of the molecule is CNC(=O)[C@H]1O[C@@H](n2cnc3c(NCc4cc(C#N)ccc4OCc4ccccc4)ncnc32)[C@H](O)[C@@H]1N=[N+]=[N-]. The van der Waals surface area contributed by atoms with E-state index in [0.717, 1.165) is 11.1 Å². The quantitative estimate of drug-likeness (QED) is 0.162. The molecular weight excluding hydrogens is 516 g/mol. The van der Waals surface area contributed by atoms with Crippen molar-refractivity contribution >= 4 is 22.9 Å². The Morgan fingerprint density at radius 2 is 2.10 bits per heavy atom. The Morgan fingerprint density at radius 1 is 1.27 bits per heavy atom. The van der Waals surface area contributed by atoms with Crippen LogP contribution in [-0.4, -0.2) is 55.8 Å². The number of nitrogens with zero attached hydrogens (tertiary/aromatic N) is 8. The molecule has 0 aliphatic carbocycles. The number of nitrogens with one attached hydrogen (secondary N) is 2. The smallest absolute Gasteiger partial charge is 0.249 e. The number of hydrogen-bond acceptors (Lipinski definition) is 10. The second-order valence-corrected chi connectivity index (χ2v) is 8.86. The summed E-state index contributed by atoms with van der Waals surface area (Å²) in [7, 11) is 1.42. The number of carbonyl (C=O) groups excluding carboxylic acids is 1. The molecule has 0 unspecified atom stereocenters. The molecule has 1 amide bonds. The molecule has 202 valence electrons. The third-order valence-electron chi connectivity index (χ3n) is 6.43. The van der Waals surface area contributed by atoms with Gasteiger partial charge in [-0.2, -0.15) is 5.26 Å². The minimum Gasteiger partial charge on any atom is -0.489 e. The molecule has 0 radical (unpaired) electrons. The Labute approximate surface area is 227 Å². The third-order valence-corrected chi connectivity index (χ3v) is 6.43. The number of carbonyl (C=O) groups is 1. The molecule has 5 rings (SSSR count). The molecule has 0 spiro atoms. The fraction of sp³-hybridized carbons (Fsp3) is 0.269. The fourth-order valence-electron chi connectivity index (χ4n) is 4.45. The number of aromatic nitrogens is 4. The highest BCUT2D eigenvalue weighted by Gasteiger charge is 2.48. The standard InChI is InChI=1S/C26H24N10O4/c1-29-25(38)22-19(34-35-28)21(37)26(40-22)36-14-33-20-23(31-13-32-24(20)36)30-11-17-9-16(10-27)7-8-18(17)39-12-15-5-3-2-4-6-15/h2-9,13-14,19,21-22,26,37H,11-12H2,1H3,(H,29,38)(H,30,31,32)/t19-,21+,22-,26+/m0/s1. The Bertz CT molecular complexity index is 1610. The largest absolute Gasteiger partial charge is 0.489 e. The maximum atomic E-state index is 12.3. The van der Waals surface area contributed by atoms with Crippen molar-refractivity contribution in [2.45, 2.75) is 37.6 Å². The lowest BCUT2D eigenvalue weighted by molar-refractivity contribution is -0.134. The van der Waals surface area contributed by atoms with Crippen molar-refractivity contribution in [3.63, 3.8) is 0 Å². The minimum absolute atomic E-state index is 0.263. The highest BCUT2D eigenvalue weighted by atomic mass is 16.5. The normalized spacial score (nSPS) is 19.9. The van der Waals surface area contributed by atoms with Gasteiger partial charge in [0.2, 0.25) is 5.91 Å². The average molecular weight is 541 g/mol. The summed E-state index contributed by atoms with van der Waals surface area (Å²) in [5, 5.41) is 29.5. The summed E-state index contributed by atoms with van der Waals surface area (Å²) in [6, 6.07) is 15.9. The highest BCUT2D eigenvalue weighted by molar-refractivity contribution is 5.83. The van der Waals surface area contributed by atoms with E-state index in [-0.39, 0.29) is 6.54 Å². The number of benzene rings is 2. The average Bonchev–Trinajstić information content (AvgIpc) is 3.56. The lowest BCUT2D eigenvalue weighted by atomic mass is 10.1. The molecule has 1 aliphatic rings. The van der Waals surface area contributed by atoms with Crippen LogP contribution in [0.3, 0.4) is 0 Å². The summed E-state index contributed by atoms with van der Waals surface area (Å²) in [4.78, 5) is 28.0. The molecule has 1 saturated heterocycles. The second-order valence-electron chi connectivity index (χ2n) is 8.86. The number of aliphatic hydroxyl groups excluding tert-OH is 1. The van der Waals surface area contributed by atoms with Crippen LogP contribution in [-0.2, 0) is 22.7 Å². The van der Waals surface area contributed by atoms with Crippen LogP contribution in [0.4, 0.5) is 5.82 Å². The lowest BCUT2D eigenvalue weighted by Gasteiger charge is -2.17. The van der Waals surface area contributed by atoms with Crippen LogP contribution in [0.5, 0.6) is 5.75 Å². The Kier molecular flexibility index (Phi) is 7.70. The van der Waals surface area contributed by atoms with Crippen LogP contribution in [0.15, 0.2) is 66.3 Å². The van der Waals surface area contributed by atoms with Crippen molar-refractivity contribution in [3.05, 3.63) is 88.3 Å². The topological polar surface area (TPSA) is 196 Å². The second kappa shape index (κ2) is 11.7. The molecule has 14 nitrogen and oxygen atoms in total. The number of hydrogen-bond donors (Lipinski definition) is 3. The van der Waals surface area contributed by atoms with E-state index in [0.29, 0.717) is 34.9 Å². The number of rotatable bonds is 9. The van der Waals surface area contributed by atoms with E-state index < -0.39 is 30.4 Å². The van der Waals surface area contributed by atoms with Crippen LogP contribution in [0.25, 0.3) is 21.6 Å². The number of nitriles is 1. The summed E-state index contributed by atoms with van der Waals surface area (Å²) >= 11 is 0. The van der Waals surface area contributed by atoms with Crippen LogP contribution < -0.4 is 15.4 Å². The van der Waals surface area contributed by atoms with Crippen LogP contribution in [0, 0.1) is 11.3 Å². The predicted molar refractivity (Wildman–Crippen MR) is 141 cm³/mol. The maximum absolute atomic E-state index is 12.3. The zero-order valence-corrected chi connectivity index (χ0v) is 21.2. The van der Waals surface area contributed by atoms with Gasteiger partial charge in [-0.3, -0.25) is 9.36 Å². The molecule has 2 aromatic carbocycles. The van der Waals surface area contributed by atoms with Gasteiger partial charge in [0.25, 0.3) is 0 Å². The van der Waals surface area contributed by atoms with Gasteiger partial charge < -0.3 is 25.2 Å². The first-order valence-corrected chi connectivity index (χ1v) is 12.2. The molecule has 3 heterocycles. The lowest BCUT2D eigenvalue weighted by Crippen LogP contribution is -2.40. The van der Waals surface area contributed by atoms with E-state index in [4.69, 9.17) is 15.0 Å². The van der Waals surface area contributed by atoms with Crippen molar-refractivity contribution in [3.8, 4) is 11.8 Å². The summed E-state index contributed by atoms with van der Waals surface area (Å²) in [5.74, 6) is 0.463. The maximum Gasteiger partial charge on any atom is 0.249 e. The van der Waals surface area contributed by atoms with Gasteiger partial charge in [-0.25, -0.2) is 15.0 Å². The number of imidazole rings is 1. The summed E-state index contributed by atoms with van der Waals surface area (Å²) in [6.45, 7) is 0.623. The molecule has 14 heteroatoms. The summed E-state index contributed by atoms with van der Waals surface area (Å²) < 4.78 is 13.3. The number of amides is 1. The number of aliphatic hydroxyl groups is 1. The first kappa shape index (κ1) is 26.4. The molecule has 3 N–H and O–H groups in total. The Morgan fingerprint density at radius 3 is 2.85 bits per heavy atom. The van der Waals surface area contributed by atoms with E-state index in [1.807, 2.05) is 30.3 Å². The highest BCUT2D eigenvalue weighted by Crippen LogP contribution is 2.34. The van der Waals surface area contributed by atoms with Crippen molar-refractivity contribution in [1.82, 2.24) is 24.8 Å². The predicted octanol–water partition coefficient (Wildman–Crippen LogP) is 2.57. The molecular formula is C26H24N10O4. The first-order valence-electron chi connectivity index (χ1n) is 12.2. The van der Waals surface area contributed by atoms with Crippen molar-refractivity contribution < 1.29 is 19.4 Å². The number of anilines is 1. The van der Waals surface area contributed by atoms with E-state index in [1.54, 1.807) is 18.2 Å². The van der Waals surface area contributed by atoms with Gasteiger partial charge in [-0.15, -0.1) is 0 Å². The molecule has 2 aromatic heterocycles. The van der Waals surface area contributed by atoms with E-state index in [1.165, 1.54) is 24.3 Å².